The van der Waals surface area contributed by atoms with Crippen molar-refractivity contribution in [2.75, 3.05) is 6.54 Å². The van der Waals surface area contributed by atoms with Crippen LogP contribution in [0.15, 0.2) is 36.5 Å². The van der Waals surface area contributed by atoms with Crippen LogP contribution < -0.4 is 5.32 Å². The van der Waals surface area contributed by atoms with Crippen LogP contribution in [0.25, 0.3) is 0 Å². The average molecular weight is 388 g/mol. The van der Waals surface area contributed by atoms with E-state index < -0.39 is 5.92 Å². The van der Waals surface area contributed by atoms with E-state index in [1.807, 2.05) is 26.0 Å². The highest BCUT2D eigenvalue weighted by atomic mass is 16.2. The SMILES string of the molecule is CC#Cc1cc(C)c(C2C(=O)CC(CCNC(=O)c3ccccn3)C2=O)c(C)c1. The first kappa shape index (κ1) is 20.5. The number of carbonyl (C=O) groups excluding carboxylic acids is 3. The fraction of sp³-hybridized carbons (Fsp3) is 0.333. The molecule has 29 heavy (non-hydrogen) atoms. The second-order valence-electron chi connectivity index (χ2n) is 7.36. The van der Waals surface area contributed by atoms with Gasteiger partial charge in [0.1, 0.15) is 17.4 Å². The van der Waals surface area contributed by atoms with E-state index in [1.165, 1.54) is 0 Å². The Morgan fingerprint density at radius 3 is 2.55 bits per heavy atom. The van der Waals surface area contributed by atoms with Crippen molar-refractivity contribution in [1.82, 2.24) is 10.3 Å². The van der Waals surface area contributed by atoms with Crippen LogP contribution in [-0.2, 0) is 9.59 Å². The van der Waals surface area contributed by atoms with Crippen molar-refractivity contribution in [2.45, 2.75) is 39.5 Å². The summed E-state index contributed by atoms with van der Waals surface area (Å²) in [5.74, 6) is 4.44. The van der Waals surface area contributed by atoms with Crippen molar-refractivity contribution in [2.24, 2.45) is 5.92 Å². The molecule has 0 bridgehead atoms. The van der Waals surface area contributed by atoms with E-state index in [2.05, 4.69) is 22.1 Å². The van der Waals surface area contributed by atoms with E-state index in [4.69, 9.17) is 0 Å². The maximum Gasteiger partial charge on any atom is 0.269 e. The number of nitrogens with zero attached hydrogens (tertiary/aromatic N) is 1. The lowest BCUT2D eigenvalue weighted by Crippen LogP contribution is -2.27. The summed E-state index contributed by atoms with van der Waals surface area (Å²) in [5, 5.41) is 2.78. The number of pyridine rings is 1. The molecule has 0 saturated heterocycles. The van der Waals surface area contributed by atoms with Gasteiger partial charge in [0, 0.05) is 30.6 Å². The second-order valence-corrected chi connectivity index (χ2v) is 7.36. The number of aryl methyl sites for hydroxylation is 2. The molecule has 3 rings (SSSR count). The number of amides is 1. The van der Waals surface area contributed by atoms with Crippen LogP contribution in [0.4, 0.5) is 0 Å². The van der Waals surface area contributed by atoms with E-state index >= 15 is 0 Å². The lowest BCUT2D eigenvalue weighted by Gasteiger charge is -2.16. The van der Waals surface area contributed by atoms with Crippen LogP contribution >= 0.6 is 0 Å². The summed E-state index contributed by atoms with van der Waals surface area (Å²) in [6.45, 7) is 5.95. The van der Waals surface area contributed by atoms with Crippen molar-refractivity contribution in [3.8, 4) is 11.8 Å². The minimum atomic E-state index is -0.713. The predicted octanol–water partition coefficient (Wildman–Crippen LogP) is 3.13. The minimum Gasteiger partial charge on any atom is -0.351 e. The van der Waals surface area contributed by atoms with Gasteiger partial charge in [0.05, 0.1) is 0 Å². The Balaban J connectivity index is 1.68. The van der Waals surface area contributed by atoms with Crippen molar-refractivity contribution in [3.05, 3.63) is 64.5 Å². The molecule has 0 aliphatic heterocycles. The van der Waals surface area contributed by atoms with Crippen LogP contribution in [-0.4, -0.2) is 29.0 Å². The molecular formula is C24H24N2O3. The molecule has 1 aromatic carbocycles. The van der Waals surface area contributed by atoms with Crippen LogP contribution in [0.5, 0.6) is 0 Å². The molecule has 1 aliphatic rings. The smallest absolute Gasteiger partial charge is 0.269 e. The first-order valence-electron chi connectivity index (χ1n) is 9.72. The van der Waals surface area contributed by atoms with Gasteiger partial charge in [-0.25, -0.2) is 0 Å². The third kappa shape index (κ3) is 4.43. The maximum atomic E-state index is 13.0. The zero-order valence-corrected chi connectivity index (χ0v) is 16.9. The van der Waals surface area contributed by atoms with Crippen molar-refractivity contribution in [3.63, 3.8) is 0 Å². The Morgan fingerprint density at radius 2 is 1.93 bits per heavy atom. The van der Waals surface area contributed by atoms with E-state index in [1.54, 1.807) is 31.3 Å². The number of rotatable bonds is 5. The molecule has 2 unspecified atom stereocenters. The lowest BCUT2D eigenvalue weighted by molar-refractivity contribution is -0.124. The second kappa shape index (κ2) is 8.83. The van der Waals surface area contributed by atoms with Crippen LogP contribution in [0, 0.1) is 31.6 Å². The molecule has 1 heterocycles. The maximum absolute atomic E-state index is 13.0. The monoisotopic (exact) mass is 388 g/mol. The summed E-state index contributed by atoms with van der Waals surface area (Å²) >= 11 is 0. The van der Waals surface area contributed by atoms with Gasteiger partial charge < -0.3 is 5.32 Å². The number of benzene rings is 1. The van der Waals surface area contributed by atoms with Gasteiger partial charge in [-0.3, -0.25) is 19.4 Å². The summed E-state index contributed by atoms with van der Waals surface area (Å²) in [4.78, 5) is 41.8. The van der Waals surface area contributed by atoms with Crippen molar-refractivity contribution >= 4 is 17.5 Å². The highest BCUT2D eigenvalue weighted by Gasteiger charge is 2.42. The fourth-order valence-corrected chi connectivity index (χ4v) is 4.00. The Kier molecular flexibility index (Phi) is 6.23. The van der Waals surface area contributed by atoms with Crippen molar-refractivity contribution in [1.29, 1.82) is 0 Å². The number of carbonyl (C=O) groups is 3. The molecule has 1 N–H and O–H groups in total. The number of aromatic nitrogens is 1. The number of hydrogen-bond acceptors (Lipinski definition) is 4. The molecule has 0 radical (unpaired) electrons. The van der Waals surface area contributed by atoms with E-state index in [0.29, 0.717) is 18.7 Å². The van der Waals surface area contributed by atoms with Crippen molar-refractivity contribution < 1.29 is 14.4 Å². The molecular weight excluding hydrogens is 364 g/mol. The first-order valence-corrected chi connectivity index (χ1v) is 9.72. The predicted molar refractivity (Wildman–Crippen MR) is 111 cm³/mol. The summed E-state index contributed by atoms with van der Waals surface area (Å²) in [7, 11) is 0. The molecule has 0 spiro atoms. The van der Waals surface area contributed by atoms with Gasteiger partial charge in [-0.15, -0.1) is 5.92 Å². The van der Waals surface area contributed by atoms with E-state index in [-0.39, 0.29) is 29.8 Å². The van der Waals surface area contributed by atoms with Gasteiger partial charge in [0.25, 0.3) is 5.91 Å². The van der Waals surface area contributed by atoms with Crippen LogP contribution in [0.2, 0.25) is 0 Å². The van der Waals surface area contributed by atoms with E-state index in [9.17, 15) is 14.4 Å². The van der Waals surface area contributed by atoms with Gasteiger partial charge in [-0.2, -0.15) is 0 Å². The Hall–Kier alpha value is -3.26. The Bertz CT molecular complexity index is 992. The molecule has 1 saturated carbocycles. The van der Waals surface area contributed by atoms with Crippen LogP contribution in [0.3, 0.4) is 0 Å². The van der Waals surface area contributed by atoms with Gasteiger partial charge in [-0.05, 0) is 68.1 Å². The normalized spacial score (nSPS) is 18.3. The Morgan fingerprint density at radius 1 is 1.21 bits per heavy atom. The third-order valence-electron chi connectivity index (χ3n) is 5.28. The standard InChI is InChI=1S/C24H24N2O3/c1-4-7-17-12-15(2)21(16(3)13-17)22-20(27)14-18(23(22)28)9-11-26-24(29)19-8-5-6-10-25-19/h5-6,8,10,12-13,18,22H,9,11,14H2,1-3H3,(H,26,29). The quantitative estimate of drug-likeness (QED) is 0.631. The zero-order valence-electron chi connectivity index (χ0n) is 16.9. The van der Waals surface area contributed by atoms with Gasteiger partial charge in [0.2, 0.25) is 0 Å². The van der Waals surface area contributed by atoms with Crippen LogP contribution in [0.1, 0.15) is 58.4 Å². The molecule has 1 aromatic heterocycles. The molecule has 1 amide bonds. The molecule has 1 aliphatic carbocycles. The molecule has 2 aromatic rings. The molecule has 5 nitrogen and oxygen atoms in total. The van der Waals surface area contributed by atoms with Gasteiger partial charge >= 0.3 is 0 Å². The molecule has 1 fully saturated rings. The fourth-order valence-electron chi connectivity index (χ4n) is 4.00. The average Bonchev–Trinajstić information content (AvgIpc) is 2.96. The van der Waals surface area contributed by atoms with Gasteiger partial charge in [-0.1, -0.05) is 12.0 Å². The number of nitrogens with one attached hydrogen (secondary N) is 1. The molecule has 2 atom stereocenters. The number of ketones is 2. The highest BCUT2D eigenvalue weighted by molar-refractivity contribution is 6.15. The number of Topliss-reactive ketones (excluding diaryl/α,β-unsaturated/α-hetero) is 2. The summed E-state index contributed by atoms with van der Waals surface area (Å²) in [5.41, 5.74) is 3.86. The summed E-state index contributed by atoms with van der Waals surface area (Å²) in [6.07, 6.45) is 2.22. The minimum absolute atomic E-state index is 0.0448. The van der Waals surface area contributed by atoms with E-state index in [0.717, 1.165) is 22.3 Å². The largest absolute Gasteiger partial charge is 0.351 e. The Labute approximate surface area is 170 Å². The topological polar surface area (TPSA) is 76.1 Å². The molecule has 148 valence electrons. The number of hydrogen-bond donors (Lipinski definition) is 1. The highest BCUT2D eigenvalue weighted by Crippen LogP contribution is 2.37. The zero-order chi connectivity index (χ0) is 21.0. The first-order chi connectivity index (χ1) is 13.9. The third-order valence-corrected chi connectivity index (χ3v) is 5.28. The summed E-state index contributed by atoms with van der Waals surface area (Å²) in [6, 6.07) is 8.98. The summed E-state index contributed by atoms with van der Waals surface area (Å²) < 4.78 is 0. The lowest BCUT2D eigenvalue weighted by atomic mass is 9.86. The molecule has 5 heteroatoms. The van der Waals surface area contributed by atoms with Gasteiger partial charge in [0.15, 0.2) is 5.78 Å².